The van der Waals surface area contributed by atoms with Gasteiger partial charge < -0.3 is 10.2 Å². The van der Waals surface area contributed by atoms with Gasteiger partial charge in [-0.3, -0.25) is 14.3 Å². The number of carbonyl (C=O) groups is 2. The minimum absolute atomic E-state index is 0.00659. The van der Waals surface area contributed by atoms with Crippen molar-refractivity contribution in [2.24, 2.45) is 12.5 Å². The van der Waals surface area contributed by atoms with Crippen LogP contribution in [0.4, 0.5) is 0 Å². The summed E-state index contributed by atoms with van der Waals surface area (Å²) < 4.78 is 1.78. The summed E-state index contributed by atoms with van der Waals surface area (Å²) in [6.07, 6.45) is 1.00. The summed E-state index contributed by atoms with van der Waals surface area (Å²) in [5, 5.41) is 8.17. The lowest BCUT2D eigenvalue weighted by atomic mass is 9.93. The number of carbonyl (C=O) groups excluding carboxylic acids is 2. The zero-order valence-corrected chi connectivity index (χ0v) is 15.7. The maximum atomic E-state index is 12.5. The van der Waals surface area contributed by atoms with E-state index in [9.17, 15) is 9.59 Å². The van der Waals surface area contributed by atoms with Crippen LogP contribution in [0.2, 0.25) is 0 Å². The summed E-state index contributed by atoms with van der Waals surface area (Å²) in [6, 6.07) is 1.34. The highest BCUT2D eigenvalue weighted by Crippen LogP contribution is 2.29. The summed E-state index contributed by atoms with van der Waals surface area (Å²) >= 11 is 1.40. The second kappa shape index (κ2) is 5.88. The van der Waals surface area contributed by atoms with Crippen molar-refractivity contribution in [1.82, 2.24) is 20.0 Å². The molecule has 3 heterocycles. The van der Waals surface area contributed by atoms with E-state index in [2.05, 4.69) is 24.3 Å². The van der Waals surface area contributed by atoms with Crippen molar-refractivity contribution < 1.29 is 9.59 Å². The van der Waals surface area contributed by atoms with Gasteiger partial charge in [0.15, 0.2) is 0 Å². The lowest BCUT2D eigenvalue weighted by molar-refractivity contribution is -0.132. The van der Waals surface area contributed by atoms with E-state index >= 15 is 0 Å². The van der Waals surface area contributed by atoms with Gasteiger partial charge in [-0.15, -0.1) is 11.3 Å². The molecule has 7 heteroatoms. The Morgan fingerprint density at radius 1 is 1.42 bits per heavy atom. The van der Waals surface area contributed by atoms with Gasteiger partial charge in [-0.1, -0.05) is 13.8 Å². The van der Waals surface area contributed by atoms with Gasteiger partial charge in [0.05, 0.1) is 10.6 Å². The number of likely N-dealkylation sites (tertiary alicyclic amines) is 1. The van der Waals surface area contributed by atoms with E-state index in [-0.39, 0.29) is 17.2 Å². The van der Waals surface area contributed by atoms with Crippen LogP contribution in [-0.4, -0.2) is 45.6 Å². The van der Waals surface area contributed by atoms with Crippen LogP contribution in [0, 0.1) is 12.3 Å². The Kier molecular flexibility index (Phi) is 4.15. The molecular formula is C17H24N4O2S. The van der Waals surface area contributed by atoms with Crippen molar-refractivity contribution in [3.05, 3.63) is 16.6 Å². The fourth-order valence-electron chi connectivity index (χ4n) is 3.22. The highest BCUT2D eigenvalue weighted by Gasteiger charge is 2.34. The molecule has 1 atom stereocenters. The van der Waals surface area contributed by atoms with Crippen molar-refractivity contribution in [2.75, 3.05) is 13.1 Å². The number of hydrogen-bond donors (Lipinski definition) is 1. The van der Waals surface area contributed by atoms with Gasteiger partial charge >= 0.3 is 0 Å². The zero-order chi connectivity index (χ0) is 17.6. The number of nitrogens with zero attached hydrogens (tertiary/aromatic N) is 3. The Morgan fingerprint density at radius 2 is 2.12 bits per heavy atom. The van der Waals surface area contributed by atoms with Crippen LogP contribution in [0.3, 0.4) is 0 Å². The molecule has 1 aliphatic rings. The Balaban J connectivity index is 1.69. The Bertz CT molecular complexity index is 770. The van der Waals surface area contributed by atoms with Gasteiger partial charge in [-0.25, -0.2) is 0 Å². The fraction of sp³-hybridized carbons (Fsp3) is 0.588. The van der Waals surface area contributed by atoms with E-state index < -0.39 is 6.04 Å². The first-order valence-electron chi connectivity index (χ1n) is 8.21. The first kappa shape index (κ1) is 17.0. The monoisotopic (exact) mass is 348 g/mol. The highest BCUT2D eigenvalue weighted by atomic mass is 32.1. The quantitative estimate of drug-likeness (QED) is 0.926. The van der Waals surface area contributed by atoms with Crippen molar-refractivity contribution in [3.63, 3.8) is 0 Å². The normalized spacial score (nSPS) is 18.1. The lowest BCUT2D eigenvalue weighted by Crippen LogP contribution is -2.46. The summed E-state index contributed by atoms with van der Waals surface area (Å²) in [6.45, 7) is 9.53. The first-order chi connectivity index (χ1) is 11.2. The SMILES string of the molecule is Cc1nn(C)c2sc(C(=O)NC(C)C(=O)N3CCC(C)(C)C3)cc12. The third-order valence-electron chi connectivity index (χ3n) is 4.63. The molecule has 0 aromatic carbocycles. The van der Waals surface area contributed by atoms with Gasteiger partial charge in [0.1, 0.15) is 10.9 Å². The van der Waals surface area contributed by atoms with E-state index in [1.807, 2.05) is 24.9 Å². The number of thiophene rings is 1. The van der Waals surface area contributed by atoms with E-state index in [0.717, 1.165) is 35.4 Å². The van der Waals surface area contributed by atoms with Gasteiger partial charge in [-0.05, 0) is 31.7 Å². The molecule has 0 spiro atoms. The van der Waals surface area contributed by atoms with E-state index in [1.165, 1.54) is 11.3 Å². The molecule has 6 nitrogen and oxygen atoms in total. The number of nitrogens with one attached hydrogen (secondary N) is 1. The second-order valence-corrected chi connectivity index (χ2v) is 8.44. The summed E-state index contributed by atoms with van der Waals surface area (Å²) in [5.41, 5.74) is 1.07. The smallest absolute Gasteiger partial charge is 0.262 e. The molecule has 1 saturated heterocycles. The largest absolute Gasteiger partial charge is 0.340 e. The van der Waals surface area contributed by atoms with Gasteiger partial charge in [-0.2, -0.15) is 5.10 Å². The first-order valence-corrected chi connectivity index (χ1v) is 9.02. The van der Waals surface area contributed by atoms with Crippen LogP contribution >= 0.6 is 11.3 Å². The maximum Gasteiger partial charge on any atom is 0.262 e. The number of aromatic nitrogens is 2. The molecule has 0 bridgehead atoms. The van der Waals surface area contributed by atoms with E-state index in [1.54, 1.807) is 11.6 Å². The molecule has 1 unspecified atom stereocenters. The van der Waals surface area contributed by atoms with Crippen molar-refractivity contribution in [3.8, 4) is 0 Å². The average Bonchev–Trinajstić information content (AvgIpc) is 3.15. The molecule has 2 aromatic heterocycles. The van der Waals surface area contributed by atoms with Crippen LogP contribution in [-0.2, 0) is 11.8 Å². The molecule has 1 aliphatic heterocycles. The Morgan fingerprint density at radius 3 is 2.71 bits per heavy atom. The molecular weight excluding hydrogens is 324 g/mol. The van der Waals surface area contributed by atoms with Gasteiger partial charge in [0.2, 0.25) is 5.91 Å². The number of fused-ring (bicyclic) bond motifs is 1. The van der Waals surface area contributed by atoms with Crippen LogP contribution in [0.15, 0.2) is 6.07 Å². The lowest BCUT2D eigenvalue weighted by Gasteiger charge is -2.23. The number of amides is 2. The molecule has 3 rings (SSSR count). The summed E-state index contributed by atoms with van der Waals surface area (Å²) in [7, 11) is 1.87. The Hall–Kier alpha value is -1.89. The molecule has 2 aromatic rings. The number of hydrogen-bond acceptors (Lipinski definition) is 4. The second-order valence-electron chi connectivity index (χ2n) is 7.41. The minimum atomic E-state index is -0.518. The molecule has 2 amide bonds. The van der Waals surface area contributed by atoms with Crippen LogP contribution < -0.4 is 5.32 Å². The third kappa shape index (κ3) is 3.05. The molecule has 1 N–H and O–H groups in total. The van der Waals surface area contributed by atoms with Crippen LogP contribution in [0.1, 0.15) is 42.6 Å². The van der Waals surface area contributed by atoms with E-state index in [0.29, 0.717) is 4.88 Å². The zero-order valence-electron chi connectivity index (χ0n) is 14.8. The summed E-state index contributed by atoms with van der Waals surface area (Å²) in [5.74, 6) is -0.206. The topological polar surface area (TPSA) is 67.2 Å². The molecule has 0 saturated carbocycles. The average molecular weight is 348 g/mol. The van der Waals surface area contributed by atoms with Crippen LogP contribution in [0.5, 0.6) is 0 Å². The molecule has 0 aliphatic carbocycles. The number of rotatable bonds is 3. The standard InChI is InChI=1S/C17H24N4O2S/c1-10-12-8-13(24-16(12)20(5)19-10)14(22)18-11(2)15(23)21-7-6-17(3,4)9-21/h8,11H,6-7,9H2,1-5H3,(H,18,22). The van der Waals surface area contributed by atoms with E-state index in [4.69, 9.17) is 0 Å². The molecule has 24 heavy (non-hydrogen) atoms. The van der Waals surface area contributed by atoms with Crippen molar-refractivity contribution >= 4 is 33.4 Å². The molecule has 0 radical (unpaired) electrons. The van der Waals surface area contributed by atoms with Crippen molar-refractivity contribution in [2.45, 2.75) is 40.2 Å². The minimum Gasteiger partial charge on any atom is -0.340 e. The maximum absolute atomic E-state index is 12.5. The fourth-order valence-corrected chi connectivity index (χ4v) is 4.25. The molecule has 130 valence electrons. The predicted octanol–water partition coefficient (Wildman–Crippen LogP) is 2.32. The third-order valence-corrected chi connectivity index (χ3v) is 5.83. The van der Waals surface area contributed by atoms with Gasteiger partial charge in [0, 0.05) is 25.5 Å². The highest BCUT2D eigenvalue weighted by molar-refractivity contribution is 7.20. The summed E-state index contributed by atoms with van der Waals surface area (Å²) in [4.78, 5) is 28.5. The molecule has 1 fully saturated rings. The van der Waals surface area contributed by atoms with Crippen LogP contribution in [0.25, 0.3) is 10.2 Å². The Labute approximate surface area is 145 Å². The van der Waals surface area contributed by atoms with Crippen molar-refractivity contribution in [1.29, 1.82) is 0 Å². The van der Waals surface area contributed by atoms with Gasteiger partial charge in [0.25, 0.3) is 5.91 Å². The number of aryl methyl sites for hydroxylation is 2. The predicted molar refractivity (Wildman–Crippen MR) is 95.2 cm³/mol.